The topological polar surface area (TPSA) is 18.5 Å². The molecule has 0 unspecified atom stereocenters. The van der Waals surface area contributed by atoms with Gasteiger partial charge in [-0.3, -0.25) is 0 Å². The molecule has 1 aliphatic rings. The molecule has 2 aromatic rings. The Morgan fingerprint density at radius 2 is 1.63 bits per heavy atom. The SMILES string of the molecule is COc1cccc(-c2cccc3c2CCC3)c1OC. The smallest absolute Gasteiger partial charge is 0.168 e. The number of methoxy groups -OCH3 is 2. The van der Waals surface area contributed by atoms with E-state index in [-0.39, 0.29) is 0 Å². The Morgan fingerprint density at radius 1 is 0.842 bits per heavy atom. The van der Waals surface area contributed by atoms with E-state index in [9.17, 15) is 0 Å². The summed E-state index contributed by atoms with van der Waals surface area (Å²) in [6.07, 6.45) is 3.60. The molecule has 0 saturated heterocycles. The standard InChI is InChI=1S/C17H18O2/c1-18-16-11-5-10-15(17(16)19-2)14-9-4-7-12-6-3-8-13(12)14/h4-5,7,9-11H,3,6,8H2,1-2H3. The number of para-hydroxylation sites is 1. The first-order valence-electron chi connectivity index (χ1n) is 6.67. The maximum atomic E-state index is 5.56. The molecule has 2 nitrogen and oxygen atoms in total. The molecule has 2 aromatic carbocycles. The van der Waals surface area contributed by atoms with Crippen molar-refractivity contribution in [2.75, 3.05) is 14.2 Å². The van der Waals surface area contributed by atoms with Crippen molar-refractivity contribution in [3.63, 3.8) is 0 Å². The summed E-state index contributed by atoms with van der Waals surface area (Å²) in [5.74, 6) is 1.61. The Labute approximate surface area is 114 Å². The molecule has 0 N–H and O–H groups in total. The first kappa shape index (κ1) is 12.1. The average molecular weight is 254 g/mol. The van der Waals surface area contributed by atoms with E-state index in [1.54, 1.807) is 14.2 Å². The third kappa shape index (κ3) is 1.97. The van der Waals surface area contributed by atoms with E-state index < -0.39 is 0 Å². The van der Waals surface area contributed by atoms with Gasteiger partial charge in [-0.25, -0.2) is 0 Å². The largest absolute Gasteiger partial charge is 0.493 e. The summed E-state index contributed by atoms with van der Waals surface area (Å²) < 4.78 is 10.9. The van der Waals surface area contributed by atoms with Crippen molar-refractivity contribution in [2.24, 2.45) is 0 Å². The van der Waals surface area contributed by atoms with Crippen LogP contribution in [-0.2, 0) is 12.8 Å². The number of rotatable bonds is 3. The zero-order valence-corrected chi connectivity index (χ0v) is 11.4. The molecule has 2 heteroatoms. The van der Waals surface area contributed by atoms with Crippen LogP contribution in [0.15, 0.2) is 36.4 Å². The van der Waals surface area contributed by atoms with Gasteiger partial charge in [-0.1, -0.05) is 30.3 Å². The minimum atomic E-state index is 0.788. The molecule has 0 radical (unpaired) electrons. The number of ether oxygens (including phenoxy) is 2. The van der Waals surface area contributed by atoms with E-state index in [0.717, 1.165) is 23.5 Å². The van der Waals surface area contributed by atoms with Crippen molar-refractivity contribution in [1.82, 2.24) is 0 Å². The van der Waals surface area contributed by atoms with E-state index in [1.807, 2.05) is 12.1 Å². The highest BCUT2D eigenvalue weighted by atomic mass is 16.5. The van der Waals surface area contributed by atoms with Gasteiger partial charge in [0.05, 0.1) is 14.2 Å². The number of benzene rings is 2. The fourth-order valence-electron chi connectivity index (χ4n) is 2.97. The van der Waals surface area contributed by atoms with Gasteiger partial charge in [0.2, 0.25) is 0 Å². The summed E-state index contributed by atoms with van der Waals surface area (Å²) >= 11 is 0. The minimum absolute atomic E-state index is 0.788. The van der Waals surface area contributed by atoms with Gasteiger partial charge >= 0.3 is 0 Å². The van der Waals surface area contributed by atoms with Gasteiger partial charge in [-0.05, 0) is 42.0 Å². The van der Waals surface area contributed by atoms with Crippen LogP contribution in [0.3, 0.4) is 0 Å². The number of hydrogen-bond acceptors (Lipinski definition) is 2. The lowest BCUT2D eigenvalue weighted by Gasteiger charge is -2.15. The first-order valence-corrected chi connectivity index (χ1v) is 6.67. The predicted molar refractivity (Wildman–Crippen MR) is 77.0 cm³/mol. The maximum Gasteiger partial charge on any atom is 0.168 e. The highest BCUT2D eigenvalue weighted by molar-refractivity contribution is 5.77. The van der Waals surface area contributed by atoms with E-state index in [0.29, 0.717) is 0 Å². The second-order valence-electron chi connectivity index (χ2n) is 4.84. The van der Waals surface area contributed by atoms with Crippen molar-refractivity contribution >= 4 is 0 Å². The summed E-state index contributed by atoms with van der Waals surface area (Å²) in [4.78, 5) is 0. The normalized spacial score (nSPS) is 13.2. The molecule has 19 heavy (non-hydrogen) atoms. The minimum Gasteiger partial charge on any atom is -0.493 e. The van der Waals surface area contributed by atoms with Crippen molar-refractivity contribution in [2.45, 2.75) is 19.3 Å². The zero-order chi connectivity index (χ0) is 13.2. The molecule has 0 amide bonds. The Bertz CT molecular complexity index is 602. The van der Waals surface area contributed by atoms with Gasteiger partial charge in [-0.15, -0.1) is 0 Å². The summed E-state index contributed by atoms with van der Waals surface area (Å²) in [7, 11) is 3.38. The summed E-state index contributed by atoms with van der Waals surface area (Å²) in [6, 6.07) is 12.6. The van der Waals surface area contributed by atoms with Crippen LogP contribution >= 0.6 is 0 Å². The lowest BCUT2D eigenvalue weighted by atomic mass is 9.96. The lowest BCUT2D eigenvalue weighted by molar-refractivity contribution is 0.356. The molecule has 1 aliphatic carbocycles. The first-order chi connectivity index (χ1) is 9.35. The van der Waals surface area contributed by atoms with Crippen LogP contribution in [0.2, 0.25) is 0 Å². The average Bonchev–Trinajstić information content (AvgIpc) is 2.94. The summed E-state index contributed by atoms with van der Waals surface area (Å²) in [5, 5.41) is 0. The van der Waals surface area contributed by atoms with Crippen molar-refractivity contribution in [3.05, 3.63) is 47.5 Å². The highest BCUT2D eigenvalue weighted by Gasteiger charge is 2.19. The summed E-state index contributed by atoms with van der Waals surface area (Å²) in [5.41, 5.74) is 5.35. The van der Waals surface area contributed by atoms with Crippen LogP contribution in [0, 0.1) is 0 Å². The van der Waals surface area contributed by atoms with Gasteiger partial charge in [0.25, 0.3) is 0 Å². The fourth-order valence-corrected chi connectivity index (χ4v) is 2.97. The summed E-state index contributed by atoms with van der Waals surface area (Å²) in [6.45, 7) is 0. The quantitative estimate of drug-likeness (QED) is 0.828. The van der Waals surface area contributed by atoms with Gasteiger partial charge in [-0.2, -0.15) is 0 Å². The van der Waals surface area contributed by atoms with Crippen LogP contribution in [0.5, 0.6) is 11.5 Å². The molecule has 0 bridgehead atoms. The Balaban J connectivity index is 2.20. The predicted octanol–water partition coefficient (Wildman–Crippen LogP) is 3.86. The molecule has 98 valence electrons. The van der Waals surface area contributed by atoms with Gasteiger partial charge in [0, 0.05) is 5.56 Å². The molecule has 0 aliphatic heterocycles. The van der Waals surface area contributed by atoms with Gasteiger partial charge in [0.1, 0.15) is 0 Å². The van der Waals surface area contributed by atoms with E-state index >= 15 is 0 Å². The molecular formula is C17H18O2. The van der Waals surface area contributed by atoms with E-state index in [1.165, 1.54) is 29.5 Å². The second-order valence-corrected chi connectivity index (χ2v) is 4.84. The van der Waals surface area contributed by atoms with Crippen molar-refractivity contribution < 1.29 is 9.47 Å². The van der Waals surface area contributed by atoms with E-state index in [2.05, 4.69) is 24.3 Å². The third-order valence-corrected chi connectivity index (χ3v) is 3.84. The Kier molecular flexibility index (Phi) is 3.16. The van der Waals surface area contributed by atoms with E-state index in [4.69, 9.17) is 9.47 Å². The zero-order valence-electron chi connectivity index (χ0n) is 11.4. The Hall–Kier alpha value is -1.96. The number of fused-ring (bicyclic) bond motifs is 1. The van der Waals surface area contributed by atoms with Crippen LogP contribution in [0.25, 0.3) is 11.1 Å². The second kappa shape index (κ2) is 4.96. The highest BCUT2D eigenvalue weighted by Crippen LogP contribution is 2.41. The van der Waals surface area contributed by atoms with Crippen LogP contribution < -0.4 is 9.47 Å². The fraction of sp³-hybridized carbons (Fsp3) is 0.294. The molecular weight excluding hydrogens is 236 g/mol. The Morgan fingerprint density at radius 3 is 2.42 bits per heavy atom. The molecule has 0 spiro atoms. The van der Waals surface area contributed by atoms with Gasteiger partial charge < -0.3 is 9.47 Å². The third-order valence-electron chi connectivity index (χ3n) is 3.84. The molecule has 0 fully saturated rings. The van der Waals surface area contributed by atoms with Crippen molar-refractivity contribution in [1.29, 1.82) is 0 Å². The molecule has 0 heterocycles. The molecule has 3 rings (SSSR count). The van der Waals surface area contributed by atoms with Crippen molar-refractivity contribution in [3.8, 4) is 22.6 Å². The lowest BCUT2D eigenvalue weighted by Crippen LogP contribution is -1.95. The number of aryl methyl sites for hydroxylation is 1. The van der Waals surface area contributed by atoms with Gasteiger partial charge in [0.15, 0.2) is 11.5 Å². The van der Waals surface area contributed by atoms with Crippen LogP contribution in [0.4, 0.5) is 0 Å². The number of hydrogen-bond donors (Lipinski definition) is 0. The maximum absolute atomic E-state index is 5.56. The molecule has 0 atom stereocenters. The van der Waals surface area contributed by atoms with Crippen LogP contribution in [0.1, 0.15) is 17.5 Å². The molecule has 0 aromatic heterocycles. The molecule has 0 saturated carbocycles. The van der Waals surface area contributed by atoms with Crippen LogP contribution in [-0.4, -0.2) is 14.2 Å². The monoisotopic (exact) mass is 254 g/mol.